The summed E-state index contributed by atoms with van der Waals surface area (Å²) >= 11 is 0. The molecule has 0 bridgehead atoms. The van der Waals surface area contributed by atoms with Crippen molar-refractivity contribution in [2.75, 3.05) is 26.3 Å². The maximum absolute atomic E-state index is 11.8. The van der Waals surface area contributed by atoms with Crippen LogP contribution in [-0.2, 0) is 4.74 Å². The van der Waals surface area contributed by atoms with E-state index in [0.29, 0.717) is 18.9 Å². The molecular weight excluding hydrogens is 267 g/mol. The number of alkyl halides is 3. The molecule has 0 saturated carbocycles. The Morgan fingerprint density at radius 2 is 1.85 bits per heavy atom. The van der Waals surface area contributed by atoms with Gasteiger partial charge in [0.15, 0.2) is 0 Å². The molecule has 0 aromatic heterocycles. The molecule has 0 aliphatic rings. The van der Waals surface area contributed by atoms with Gasteiger partial charge in [0.2, 0.25) is 0 Å². The Morgan fingerprint density at radius 1 is 1.15 bits per heavy atom. The lowest BCUT2D eigenvalue weighted by Crippen LogP contribution is -2.21. The van der Waals surface area contributed by atoms with Gasteiger partial charge >= 0.3 is 6.18 Å². The zero-order valence-electron chi connectivity index (χ0n) is 11.7. The zero-order valence-corrected chi connectivity index (χ0v) is 11.7. The smallest absolute Gasteiger partial charge is 0.372 e. The average molecular weight is 289 g/mol. The minimum absolute atomic E-state index is 0.140. The fourth-order valence-electron chi connectivity index (χ4n) is 1.88. The van der Waals surface area contributed by atoms with Crippen molar-refractivity contribution >= 4 is 0 Å². The van der Waals surface area contributed by atoms with Crippen molar-refractivity contribution in [1.82, 2.24) is 5.32 Å². The Kier molecular flexibility index (Phi) is 7.62. The average Bonchev–Trinajstić information content (AvgIpc) is 2.41. The lowest BCUT2D eigenvalue weighted by Gasteiger charge is -2.12. The van der Waals surface area contributed by atoms with E-state index in [1.165, 1.54) is 5.56 Å². The quantitative estimate of drug-likeness (QED) is 0.699. The third-order valence-corrected chi connectivity index (χ3v) is 3.03. The molecule has 1 rings (SSSR count). The number of hydrogen-bond donors (Lipinski definition) is 1. The minimum Gasteiger partial charge on any atom is -0.372 e. The molecule has 0 aliphatic heterocycles. The van der Waals surface area contributed by atoms with Crippen LogP contribution in [0.5, 0.6) is 0 Å². The van der Waals surface area contributed by atoms with Gasteiger partial charge in [-0.2, -0.15) is 13.2 Å². The predicted molar refractivity (Wildman–Crippen MR) is 73.8 cm³/mol. The second-order valence-electron chi connectivity index (χ2n) is 4.87. The Morgan fingerprint density at radius 3 is 2.50 bits per heavy atom. The molecule has 0 radical (unpaired) electrons. The number of rotatable bonds is 9. The summed E-state index contributed by atoms with van der Waals surface area (Å²) in [6, 6.07) is 10.3. The highest BCUT2D eigenvalue weighted by Gasteiger charge is 2.27. The summed E-state index contributed by atoms with van der Waals surface area (Å²) in [5.41, 5.74) is 1.31. The molecule has 0 amide bonds. The first kappa shape index (κ1) is 17.0. The van der Waals surface area contributed by atoms with Gasteiger partial charge in [-0.15, -0.1) is 0 Å². The van der Waals surface area contributed by atoms with Crippen LogP contribution in [0.1, 0.15) is 31.2 Å². The second-order valence-corrected chi connectivity index (χ2v) is 4.87. The van der Waals surface area contributed by atoms with E-state index in [4.69, 9.17) is 0 Å². The van der Waals surface area contributed by atoms with Crippen LogP contribution in [0.2, 0.25) is 0 Å². The van der Waals surface area contributed by atoms with Gasteiger partial charge in [0.05, 0.1) is 0 Å². The van der Waals surface area contributed by atoms with Crippen molar-refractivity contribution in [3.8, 4) is 0 Å². The van der Waals surface area contributed by atoms with Crippen molar-refractivity contribution in [3.05, 3.63) is 35.9 Å². The number of nitrogens with one attached hydrogen (secondary N) is 1. The molecule has 1 N–H and O–H groups in total. The summed E-state index contributed by atoms with van der Waals surface area (Å²) in [5.74, 6) is 0.477. The maximum atomic E-state index is 11.8. The highest BCUT2D eigenvalue weighted by Crippen LogP contribution is 2.17. The monoisotopic (exact) mass is 289 g/mol. The van der Waals surface area contributed by atoms with E-state index in [2.05, 4.69) is 29.1 Å². The van der Waals surface area contributed by atoms with E-state index in [0.717, 1.165) is 13.0 Å². The molecule has 0 spiro atoms. The topological polar surface area (TPSA) is 21.3 Å². The van der Waals surface area contributed by atoms with Crippen LogP contribution in [0.4, 0.5) is 13.2 Å². The van der Waals surface area contributed by atoms with Crippen molar-refractivity contribution in [2.45, 2.75) is 31.9 Å². The maximum Gasteiger partial charge on any atom is 0.411 e. The summed E-state index contributed by atoms with van der Waals surface area (Å²) in [6.45, 7) is 2.69. The first-order chi connectivity index (χ1) is 9.49. The van der Waals surface area contributed by atoms with E-state index >= 15 is 0 Å². The zero-order chi connectivity index (χ0) is 14.8. The fourth-order valence-corrected chi connectivity index (χ4v) is 1.88. The molecule has 0 heterocycles. The normalized spacial score (nSPS) is 13.4. The Hall–Kier alpha value is -1.07. The summed E-state index contributed by atoms with van der Waals surface area (Å²) in [6.07, 6.45) is -2.62. The Bertz CT molecular complexity index is 354. The largest absolute Gasteiger partial charge is 0.411 e. The first-order valence-electron chi connectivity index (χ1n) is 6.89. The molecule has 20 heavy (non-hydrogen) atoms. The van der Waals surface area contributed by atoms with Crippen molar-refractivity contribution in [1.29, 1.82) is 0 Å². The standard InChI is InChI=1S/C15H22F3NO/c1-13(14-6-3-2-4-7-14)8-10-19-9-5-11-20-12-15(16,17)18/h2-4,6-7,13,19H,5,8-12H2,1H3. The van der Waals surface area contributed by atoms with E-state index in [-0.39, 0.29) is 6.61 Å². The number of ether oxygens (including phenoxy) is 1. The van der Waals surface area contributed by atoms with Gasteiger partial charge in [0.25, 0.3) is 0 Å². The van der Waals surface area contributed by atoms with Gasteiger partial charge < -0.3 is 10.1 Å². The molecular formula is C15H22F3NO. The second kappa shape index (κ2) is 8.97. The van der Waals surface area contributed by atoms with Crippen LogP contribution >= 0.6 is 0 Å². The van der Waals surface area contributed by atoms with Gasteiger partial charge in [0, 0.05) is 6.61 Å². The third-order valence-electron chi connectivity index (χ3n) is 3.03. The SMILES string of the molecule is CC(CCNCCCOCC(F)(F)F)c1ccccc1. The Labute approximate surface area is 118 Å². The van der Waals surface area contributed by atoms with E-state index < -0.39 is 12.8 Å². The van der Waals surface area contributed by atoms with Crippen molar-refractivity contribution in [2.24, 2.45) is 0 Å². The molecule has 2 nitrogen and oxygen atoms in total. The molecule has 1 aromatic rings. The highest BCUT2D eigenvalue weighted by atomic mass is 19.4. The van der Waals surface area contributed by atoms with Crippen LogP contribution in [0.25, 0.3) is 0 Å². The van der Waals surface area contributed by atoms with Crippen LogP contribution in [0.3, 0.4) is 0 Å². The summed E-state index contributed by atoms with van der Waals surface area (Å²) < 4.78 is 39.9. The highest BCUT2D eigenvalue weighted by molar-refractivity contribution is 5.18. The summed E-state index contributed by atoms with van der Waals surface area (Å²) in [5, 5.41) is 3.22. The van der Waals surface area contributed by atoms with E-state index in [1.54, 1.807) is 0 Å². The molecule has 0 aliphatic carbocycles. The summed E-state index contributed by atoms with van der Waals surface area (Å²) in [7, 11) is 0. The Balaban J connectivity index is 1.97. The van der Waals surface area contributed by atoms with Crippen LogP contribution in [-0.4, -0.2) is 32.5 Å². The molecule has 0 fully saturated rings. The van der Waals surface area contributed by atoms with Gasteiger partial charge in [-0.25, -0.2) is 0 Å². The van der Waals surface area contributed by atoms with Crippen LogP contribution in [0.15, 0.2) is 30.3 Å². The molecule has 1 unspecified atom stereocenters. The summed E-state index contributed by atoms with van der Waals surface area (Å²) in [4.78, 5) is 0. The molecule has 114 valence electrons. The third kappa shape index (κ3) is 8.17. The van der Waals surface area contributed by atoms with Gasteiger partial charge in [-0.1, -0.05) is 37.3 Å². The van der Waals surface area contributed by atoms with Crippen molar-refractivity contribution < 1.29 is 17.9 Å². The molecule has 5 heteroatoms. The van der Waals surface area contributed by atoms with Gasteiger partial charge in [0.1, 0.15) is 6.61 Å². The van der Waals surface area contributed by atoms with E-state index in [1.807, 2.05) is 18.2 Å². The van der Waals surface area contributed by atoms with E-state index in [9.17, 15) is 13.2 Å². The number of halogens is 3. The lowest BCUT2D eigenvalue weighted by atomic mass is 9.98. The van der Waals surface area contributed by atoms with Crippen molar-refractivity contribution in [3.63, 3.8) is 0 Å². The van der Waals surface area contributed by atoms with Crippen LogP contribution < -0.4 is 5.32 Å². The lowest BCUT2D eigenvalue weighted by molar-refractivity contribution is -0.173. The van der Waals surface area contributed by atoms with Gasteiger partial charge in [-0.05, 0) is 37.4 Å². The molecule has 0 saturated heterocycles. The predicted octanol–water partition coefficient (Wildman–Crippen LogP) is 3.74. The number of hydrogen-bond acceptors (Lipinski definition) is 2. The van der Waals surface area contributed by atoms with Crippen LogP contribution in [0, 0.1) is 0 Å². The first-order valence-corrected chi connectivity index (χ1v) is 6.89. The molecule has 1 atom stereocenters. The minimum atomic E-state index is -4.22. The molecule has 1 aromatic carbocycles. The fraction of sp³-hybridized carbons (Fsp3) is 0.600. The number of benzene rings is 1. The van der Waals surface area contributed by atoms with Gasteiger partial charge in [-0.3, -0.25) is 0 Å².